The Hall–Kier alpha value is -2.81. The lowest BCUT2D eigenvalue weighted by Crippen LogP contribution is -2.14. The molecule has 0 aliphatic carbocycles. The minimum Gasteiger partial charge on any atom is -0.325 e. The summed E-state index contributed by atoms with van der Waals surface area (Å²) in [4.78, 5) is 16.1. The molecule has 2 aromatic carbocycles. The number of carbonyl (C=O) groups is 1. The fourth-order valence-corrected chi connectivity index (χ4v) is 3.09. The highest BCUT2D eigenvalue weighted by molar-refractivity contribution is 7.99. The van der Waals surface area contributed by atoms with Crippen LogP contribution in [-0.4, -0.2) is 21.2 Å². The maximum atomic E-state index is 13.1. The van der Waals surface area contributed by atoms with Crippen LogP contribution in [0.4, 0.5) is 23.2 Å². The summed E-state index contributed by atoms with van der Waals surface area (Å²) in [5, 5.41) is 2.91. The number of thioether (sulfide) groups is 1. The topological polar surface area (TPSA) is 46.9 Å². The monoisotopic (exact) mass is 395 g/mol. The molecule has 0 bridgehead atoms. The largest absolute Gasteiger partial charge is 0.416 e. The summed E-state index contributed by atoms with van der Waals surface area (Å²) in [6.45, 7) is 0. The van der Waals surface area contributed by atoms with Gasteiger partial charge < -0.3 is 5.32 Å². The number of nitrogens with zero attached hydrogens (tertiary/aromatic N) is 2. The highest BCUT2D eigenvalue weighted by Crippen LogP contribution is 2.31. The van der Waals surface area contributed by atoms with Crippen molar-refractivity contribution in [3.63, 3.8) is 0 Å². The van der Waals surface area contributed by atoms with Crippen molar-refractivity contribution in [1.82, 2.24) is 9.55 Å². The van der Waals surface area contributed by atoms with E-state index in [4.69, 9.17) is 0 Å². The van der Waals surface area contributed by atoms with Crippen LogP contribution in [0.3, 0.4) is 0 Å². The van der Waals surface area contributed by atoms with Gasteiger partial charge in [-0.15, -0.1) is 0 Å². The molecular weight excluding hydrogens is 382 g/mol. The first kappa shape index (κ1) is 19.0. The minimum atomic E-state index is -4.45. The molecular formula is C18H13F4N3OS. The van der Waals surface area contributed by atoms with Gasteiger partial charge in [0.15, 0.2) is 5.16 Å². The molecule has 0 atom stereocenters. The van der Waals surface area contributed by atoms with E-state index in [1.807, 2.05) is 0 Å². The van der Waals surface area contributed by atoms with Crippen molar-refractivity contribution in [1.29, 1.82) is 0 Å². The number of benzene rings is 2. The zero-order chi connectivity index (χ0) is 19.4. The van der Waals surface area contributed by atoms with Crippen LogP contribution in [0, 0.1) is 5.82 Å². The lowest BCUT2D eigenvalue weighted by molar-refractivity contribution is -0.137. The van der Waals surface area contributed by atoms with Gasteiger partial charge >= 0.3 is 6.18 Å². The first-order chi connectivity index (χ1) is 12.8. The molecule has 140 valence electrons. The molecule has 0 aliphatic heterocycles. The van der Waals surface area contributed by atoms with Crippen LogP contribution >= 0.6 is 11.8 Å². The van der Waals surface area contributed by atoms with Crippen LogP contribution in [-0.2, 0) is 11.0 Å². The van der Waals surface area contributed by atoms with Crippen molar-refractivity contribution >= 4 is 23.4 Å². The summed E-state index contributed by atoms with van der Waals surface area (Å²) in [6, 6.07) is 10.3. The van der Waals surface area contributed by atoms with Gasteiger partial charge in [-0.05, 0) is 36.4 Å². The van der Waals surface area contributed by atoms with Crippen molar-refractivity contribution in [3.05, 3.63) is 72.3 Å². The summed E-state index contributed by atoms with van der Waals surface area (Å²) < 4.78 is 53.3. The third kappa shape index (κ3) is 4.88. The summed E-state index contributed by atoms with van der Waals surface area (Å²) in [5.41, 5.74) is -0.161. The minimum absolute atomic E-state index is 0.0352. The number of halogens is 4. The summed E-state index contributed by atoms with van der Waals surface area (Å²) >= 11 is 1.06. The lowest BCUT2D eigenvalue weighted by atomic mass is 10.2. The molecule has 0 unspecified atom stereocenters. The van der Waals surface area contributed by atoms with Crippen molar-refractivity contribution in [2.45, 2.75) is 11.3 Å². The number of amides is 1. The van der Waals surface area contributed by atoms with Crippen molar-refractivity contribution in [2.75, 3.05) is 11.1 Å². The third-order valence-electron chi connectivity index (χ3n) is 3.50. The summed E-state index contributed by atoms with van der Waals surface area (Å²) in [5.74, 6) is -0.892. The number of aromatic nitrogens is 2. The van der Waals surface area contributed by atoms with Crippen LogP contribution in [0.15, 0.2) is 66.1 Å². The molecule has 3 rings (SSSR count). The quantitative estimate of drug-likeness (QED) is 0.501. The molecule has 0 saturated carbocycles. The van der Waals surface area contributed by atoms with Crippen molar-refractivity contribution in [3.8, 4) is 5.69 Å². The van der Waals surface area contributed by atoms with Gasteiger partial charge in [-0.3, -0.25) is 9.36 Å². The first-order valence-corrected chi connectivity index (χ1v) is 8.71. The van der Waals surface area contributed by atoms with Crippen molar-refractivity contribution < 1.29 is 22.4 Å². The second-order valence-corrected chi connectivity index (χ2v) is 6.42. The molecule has 1 heterocycles. The average Bonchev–Trinajstić information content (AvgIpc) is 3.08. The first-order valence-electron chi connectivity index (χ1n) is 7.72. The van der Waals surface area contributed by atoms with Gasteiger partial charge in [-0.1, -0.05) is 23.9 Å². The lowest BCUT2D eigenvalue weighted by Gasteiger charge is -2.11. The number of hydrogen-bond acceptors (Lipinski definition) is 3. The smallest absolute Gasteiger partial charge is 0.325 e. The molecule has 0 saturated heterocycles. The van der Waals surface area contributed by atoms with Gasteiger partial charge in [0, 0.05) is 23.8 Å². The van der Waals surface area contributed by atoms with Gasteiger partial charge in [0.25, 0.3) is 0 Å². The normalized spacial score (nSPS) is 11.4. The Morgan fingerprint density at radius 3 is 2.67 bits per heavy atom. The van der Waals surface area contributed by atoms with E-state index in [-0.39, 0.29) is 17.3 Å². The van der Waals surface area contributed by atoms with Crippen LogP contribution in [0.1, 0.15) is 5.56 Å². The molecule has 1 N–H and O–H groups in total. The molecule has 0 aliphatic rings. The summed E-state index contributed by atoms with van der Waals surface area (Å²) in [7, 11) is 0. The molecule has 4 nitrogen and oxygen atoms in total. The van der Waals surface area contributed by atoms with Gasteiger partial charge in [0.2, 0.25) is 5.91 Å². The molecule has 0 radical (unpaired) electrons. The molecule has 0 fully saturated rings. The van der Waals surface area contributed by atoms with Crippen LogP contribution in [0.25, 0.3) is 5.69 Å². The predicted molar refractivity (Wildman–Crippen MR) is 94.3 cm³/mol. The fourth-order valence-electron chi connectivity index (χ4n) is 2.32. The number of nitrogens with one attached hydrogen (secondary N) is 1. The molecule has 3 aromatic rings. The fraction of sp³-hybridized carbons (Fsp3) is 0.111. The van der Waals surface area contributed by atoms with Crippen LogP contribution < -0.4 is 5.32 Å². The second-order valence-electron chi connectivity index (χ2n) is 5.48. The Kier molecular flexibility index (Phi) is 5.50. The maximum Gasteiger partial charge on any atom is 0.416 e. The average molecular weight is 395 g/mol. The molecule has 1 amide bonds. The van der Waals surface area contributed by atoms with E-state index in [1.165, 1.54) is 47.3 Å². The van der Waals surface area contributed by atoms with E-state index < -0.39 is 17.6 Å². The van der Waals surface area contributed by atoms with Crippen molar-refractivity contribution in [2.24, 2.45) is 0 Å². The molecule has 0 spiro atoms. The Labute approximate surface area is 156 Å². The van der Waals surface area contributed by atoms with E-state index in [2.05, 4.69) is 10.3 Å². The number of imidazole rings is 1. The van der Waals surface area contributed by atoms with Gasteiger partial charge in [-0.25, -0.2) is 9.37 Å². The zero-order valence-electron chi connectivity index (χ0n) is 13.7. The number of anilines is 1. The van der Waals surface area contributed by atoms with Gasteiger partial charge in [0.1, 0.15) is 5.82 Å². The number of carbonyl (C=O) groups excluding carboxylic acids is 1. The zero-order valence-corrected chi connectivity index (χ0v) is 14.5. The van der Waals surface area contributed by atoms with E-state index in [1.54, 1.807) is 6.07 Å². The van der Waals surface area contributed by atoms with E-state index in [0.29, 0.717) is 10.8 Å². The Balaban J connectivity index is 1.70. The van der Waals surface area contributed by atoms with E-state index in [9.17, 15) is 22.4 Å². The maximum absolute atomic E-state index is 13.1. The van der Waals surface area contributed by atoms with Crippen LogP contribution in [0.5, 0.6) is 0 Å². The highest BCUT2D eigenvalue weighted by atomic mass is 32.2. The molecule has 9 heteroatoms. The number of alkyl halides is 3. The third-order valence-corrected chi connectivity index (χ3v) is 4.47. The Morgan fingerprint density at radius 2 is 1.93 bits per heavy atom. The van der Waals surface area contributed by atoms with E-state index >= 15 is 0 Å². The van der Waals surface area contributed by atoms with Gasteiger partial charge in [-0.2, -0.15) is 13.2 Å². The highest BCUT2D eigenvalue weighted by Gasteiger charge is 2.30. The number of hydrogen-bond donors (Lipinski definition) is 1. The standard InChI is InChI=1S/C18H13F4N3OS/c19-13-4-2-5-14(10-13)24-16(26)11-27-17-23-7-8-25(17)15-6-1-3-12(9-15)18(20,21)22/h1-10H,11H2,(H,24,26). The second kappa shape index (κ2) is 7.83. The SMILES string of the molecule is O=C(CSc1nccn1-c1cccc(C(F)(F)F)c1)Nc1cccc(F)c1. The molecule has 27 heavy (non-hydrogen) atoms. The molecule has 1 aromatic heterocycles. The Morgan fingerprint density at radius 1 is 1.15 bits per heavy atom. The van der Waals surface area contributed by atoms with E-state index in [0.717, 1.165) is 23.9 Å². The Bertz CT molecular complexity index is 956. The van der Waals surface area contributed by atoms with Crippen LogP contribution in [0.2, 0.25) is 0 Å². The predicted octanol–water partition coefficient (Wildman–Crippen LogP) is 4.76. The van der Waals surface area contributed by atoms with Gasteiger partial charge in [0.05, 0.1) is 11.3 Å². The number of rotatable bonds is 5. The summed E-state index contributed by atoms with van der Waals surface area (Å²) in [6.07, 6.45) is -1.50.